The minimum Gasteiger partial charge on any atom is -0.497 e. The Morgan fingerprint density at radius 3 is 1.94 bits per heavy atom. The lowest BCUT2D eigenvalue weighted by atomic mass is 10.1. The van der Waals surface area contributed by atoms with Crippen molar-refractivity contribution in [3.05, 3.63) is 83.4 Å². The Bertz CT molecular complexity index is 1180. The SMILES string of the molecule is COc1ccc([C@H](C)NC(=O)CN(c2ccc(Cl)cc2)S(=O)(=O)c2ccc(OC)cc2)cc1. The minimum atomic E-state index is -4.04. The predicted octanol–water partition coefficient (Wildman–Crippen LogP) is 4.43. The van der Waals surface area contributed by atoms with Crippen molar-refractivity contribution in [2.75, 3.05) is 25.1 Å². The predicted molar refractivity (Wildman–Crippen MR) is 129 cm³/mol. The van der Waals surface area contributed by atoms with Crippen LogP contribution in [0.2, 0.25) is 5.02 Å². The number of anilines is 1. The number of halogens is 1. The van der Waals surface area contributed by atoms with Crippen LogP contribution in [-0.2, 0) is 14.8 Å². The van der Waals surface area contributed by atoms with Crippen molar-refractivity contribution in [3.63, 3.8) is 0 Å². The largest absolute Gasteiger partial charge is 0.497 e. The first-order chi connectivity index (χ1) is 15.7. The topological polar surface area (TPSA) is 84.9 Å². The number of carbonyl (C=O) groups is 1. The summed E-state index contributed by atoms with van der Waals surface area (Å²) in [6.07, 6.45) is 0. The Morgan fingerprint density at radius 1 is 0.909 bits per heavy atom. The third kappa shape index (κ3) is 5.97. The molecule has 0 bridgehead atoms. The van der Waals surface area contributed by atoms with Gasteiger partial charge < -0.3 is 14.8 Å². The molecule has 7 nitrogen and oxygen atoms in total. The van der Waals surface area contributed by atoms with Gasteiger partial charge in [0.15, 0.2) is 0 Å². The molecule has 0 unspecified atom stereocenters. The molecule has 9 heteroatoms. The summed E-state index contributed by atoms with van der Waals surface area (Å²) in [6.45, 7) is 1.42. The average Bonchev–Trinajstić information content (AvgIpc) is 2.83. The van der Waals surface area contributed by atoms with Crippen molar-refractivity contribution in [2.45, 2.75) is 17.9 Å². The summed E-state index contributed by atoms with van der Waals surface area (Å²) in [4.78, 5) is 12.9. The van der Waals surface area contributed by atoms with Crippen LogP contribution in [0, 0.1) is 0 Å². The van der Waals surface area contributed by atoms with Gasteiger partial charge in [-0.2, -0.15) is 0 Å². The van der Waals surface area contributed by atoms with Gasteiger partial charge in [0.25, 0.3) is 10.0 Å². The Labute approximate surface area is 198 Å². The monoisotopic (exact) mass is 488 g/mol. The smallest absolute Gasteiger partial charge is 0.264 e. The first-order valence-corrected chi connectivity index (χ1v) is 11.9. The summed E-state index contributed by atoms with van der Waals surface area (Å²) in [5.74, 6) is 0.778. The highest BCUT2D eigenvalue weighted by molar-refractivity contribution is 7.92. The molecule has 0 heterocycles. The second kappa shape index (κ2) is 10.6. The van der Waals surface area contributed by atoms with E-state index in [0.29, 0.717) is 22.2 Å². The molecule has 1 amide bonds. The van der Waals surface area contributed by atoms with Crippen LogP contribution in [0.1, 0.15) is 18.5 Å². The van der Waals surface area contributed by atoms with Gasteiger partial charge in [-0.25, -0.2) is 8.42 Å². The highest BCUT2D eigenvalue weighted by Gasteiger charge is 2.28. The summed E-state index contributed by atoms with van der Waals surface area (Å²) in [7, 11) is -0.963. The molecule has 3 aromatic rings. The molecule has 0 radical (unpaired) electrons. The van der Waals surface area contributed by atoms with Crippen LogP contribution in [0.15, 0.2) is 77.7 Å². The van der Waals surface area contributed by atoms with Crippen molar-refractivity contribution >= 4 is 33.2 Å². The number of hydrogen-bond acceptors (Lipinski definition) is 5. The van der Waals surface area contributed by atoms with Crippen LogP contribution < -0.4 is 19.1 Å². The zero-order valence-electron chi connectivity index (χ0n) is 18.5. The Hall–Kier alpha value is -3.23. The van der Waals surface area contributed by atoms with Gasteiger partial charge in [-0.1, -0.05) is 23.7 Å². The first-order valence-electron chi connectivity index (χ1n) is 10.1. The first kappa shape index (κ1) is 24.4. The van der Waals surface area contributed by atoms with E-state index in [-0.39, 0.29) is 10.9 Å². The van der Waals surface area contributed by atoms with Crippen molar-refractivity contribution in [1.29, 1.82) is 0 Å². The third-order valence-corrected chi connectivity index (χ3v) is 7.08. The number of carbonyl (C=O) groups excluding carboxylic acids is 1. The van der Waals surface area contributed by atoms with Crippen molar-refractivity contribution in [3.8, 4) is 11.5 Å². The van der Waals surface area contributed by atoms with Gasteiger partial charge in [-0.05, 0) is 73.2 Å². The van der Waals surface area contributed by atoms with E-state index in [1.165, 1.54) is 19.2 Å². The number of amides is 1. The van der Waals surface area contributed by atoms with E-state index in [0.717, 1.165) is 9.87 Å². The zero-order chi connectivity index (χ0) is 24.0. The maximum Gasteiger partial charge on any atom is 0.264 e. The summed E-state index contributed by atoms with van der Waals surface area (Å²) in [5, 5.41) is 3.31. The number of methoxy groups -OCH3 is 2. The lowest BCUT2D eigenvalue weighted by Crippen LogP contribution is -2.41. The van der Waals surface area contributed by atoms with E-state index in [1.54, 1.807) is 55.6 Å². The molecular weight excluding hydrogens is 464 g/mol. The van der Waals surface area contributed by atoms with E-state index in [4.69, 9.17) is 21.1 Å². The molecule has 1 atom stereocenters. The number of sulfonamides is 1. The average molecular weight is 489 g/mol. The number of nitrogens with one attached hydrogen (secondary N) is 1. The molecular formula is C24H25ClN2O5S. The standard InChI is InChI=1S/C24H25ClN2O5S/c1-17(18-4-10-21(31-2)11-5-18)26-24(28)16-27(20-8-6-19(25)7-9-20)33(29,30)23-14-12-22(32-3)13-15-23/h4-15,17H,16H2,1-3H3,(H,26,28)/t17-/m0/s1. The number of rotatable bonds is 9. The van der Waals surface area contributed by atoms with Crippen molar-refractivity contribution < 1.29 is 22.7 Å². The Balaban J connectivity index is 1.86. The van der Waals surface area contributed by atoms with Gasteiger partial charge in [-0.3, -0.25) is 9.10 Å². The summed E-state index contributed by atoms with van der Waals surface area (Å²) >= 11 is 5.97. The lowest BCUT2D eigenvalue weighted by Gasteiger charge is -2.25. The third-order valence-electron chi connectivity index (χ3n) is 5.04. The maximum atomic E-state index is 13.4. The molecule has 0 aromatic heterocycles. The maximum absolute atomic E-state index is 13.4. The van der Waals surface area contributed by atoms with Gasteiger partial charge in [0.1, 0.15) is 18.0 Å². The Morgan fingerprint density at radius 2 is 1.42 bits per heavy atom. The van der Waals surface area contributed by atoms with E-state index in [2.05, 4.69) is 5.32 Å². The van der Waals surface area contributed by atoms with Crippen LogP contribution in [0.25, 0.3) is 0 Å². The number of hydrogen-bond donors (Lipinski definition) is 1. The highest BCUT2D eigenvalue weighted by Crippen LogP contribution is 2.26. The molecule has 0 aliphatic heterocycles. The van der Waals surface area contributed by atoms with E-state index >= 15 is 0 Å². The molecule has 1 N–H and O–H groups in total. The highest BCUT2D eigenvalue weighted by atomic mass is 35.5. The fraction of sp³-hybridized carbons (Fsp3) is 0.208. The molecule has 174 valence electrons. The normalized spacial score (nSPS) is 12.0. The fourth-order valence-electron chi connectivity index (χ4n) is 3.19. The van der Waals surface area contributed by atoms with E-state index in [1.807, 2.05) is 19.1 Å². The second-order valence-corrected chi connectivity index (χ2v) is 9.52. The van der Waals surface area contributed by atoms with Gasteiger partial charge in [-0.15, -0.1) is 0 Å². The molecule has 33 heavy (non-hydrogen) atoms. The second-order valence-electron chi connectivity index (χ2n) is 7.23. The van der Waals surface area contributed by atoms with Crippen LogP contribution in [0.4, 0.5) is 5.69 Å². The summed E-state index contributed by atoms with van der Waals surface area (Å²) in [6, 6.07) is 19.2. The van der Waals surface area contributed by atoms with Crippen LogP contribution >= 0.6 is 11.6 Å². The summed E-state index contributed by atoms with van der Waals surface area (Å²) in [5.41, 5.74) is 1.18. The van der Waals surface area contributed by atoms with E-state index in [9.17, 15) is 13.2 Å². The molecule has 0 fully saturated rings. The van der Waals surface area contributed by atoms with E-state index < -0.39 is 22.5 Å². The molecule has 3 rings (SSSR count). The molecule has 0 spiro atoms. The quantitative estimate of drug-likeness (QED) is 0.481. The van der Waals surface area contributed by atoms with Crippen LogP contribution in [0.3, 0.4) is 0 Å². The number of benzene rings is 3. The number of ether oxygens (including phenoxy) is 2. The minimum absolute atomic E-state index is 0.0363. The molecule has 0 aliphatic carbocycles. The van der Waals surface area contributed by atoms with Crippen LogP contribution in [0.5, 0.6) is 11.5 Å². The van der Waals surface area contributed by atoms with Gasteiger partial charge in [0.2, 0.25) is 5.91 Å². The van der Waals surface area contributed by atoms with Crippen molar-refractivity contribution in [1.82, 2.24) is 5.32 Å². The zero-order valence-corrected chi connectivity index (χ0v) is 20.1. The number of nitrogens with zero attached hydrogens (tertiary/aromatic N) is 1. The lowest BCUT2D eigenvalue weighted by molar-refractivity contribution is -0.120. The van der Waals surface area contributed by atoms with Gasteiger partial charge >= 0.3 is 0 Å². The Kier molecular flexibility index (Phi) is 7.84. The fourth-order valence-corrected chi connectivity index (χ4v) is 4.74. The molecule has 3 aromatic carbocycles. The van der Waals surface area contributed by atoms with Crippen LogP contribution in [-0.4, -0.2) is 35.1 Å². The summed E-state index contributed by atoms with van der Waals surface area (Å²) < 4.78 is 38.2. The van der Waals surface area contributed by atoms with Gasteiger partial charge in [0.05, 0.1) is 30.8 Å². The molecule has 0 saturated heterocycles. The molecule has 0 aliphatic rings. The van der Waals surface area contributed by atoms with Crippen molar-refractivity contribution in [2.24, 2.45) is 0 Å². The van der Waals surface area contributed by atoms with Gasteiger partial charge in [0, 0.05) is 5.02 Å². The molecule has 0 saturated carbocycles.